The van der Waals surface area contributed by atoms with Gasteiger partial charge in [-0.1, -0.05) is 27.7 Å². The molecule has 1 heteroatoms. The van der Waals surface area contributed by atoms with Crippen molar-refractivity contribution >= 4 is 6.29 Å². The Hall–Kier alpha value is -0.330. The van der Waals surface area contributed by atoms with Crippen LogP contribution in [0, 0.1) is 29.6 Å². The minimum absolute atomic E-state index is 0.389. The van der Waals surface area contributed by atoms with E-state index >= 15 is 0 Å². The fourth-order valence-electron chi connectivity index (χ4n) is 2.59. The Labute approximate surface area is 75.5 Å². The van der Waals surface area contributed by atoms with Crippen LogP contribution in [-0.4, -0.2) is 6.29 Å². The molecule has 70 valence electrons. The van der Waals surface area contributed by atoms with Crippen LogP contribution >= 0.6 is 0 Å². The highest BCUT2D eigenvalue weighted by Gasteiger charge is 2.44. The molecule has 1 rings (SSSR count). The molecule has 1 nitrogen and oxygen atoms in total. The van der Waals surface area contributed by atoms with Gasteiger partial charge in [-0.05, 0) is 30.1 Å². The molecule has 1 fully saturated rings. The highest BCUT2D eigenvalue weighted by Crippen LogP contribution is 2.48. The quantitative estimate of drug-likeness (QED) is 0.590. The summed E-state index contributed by atoms with van der Waals surface area (Å²) in [6.07, 6.45) is 2.28. The normalized spacial score (nSPS) is 28.6. The number of hydrogen-bond acceptors (Lipinski definition) is 1. The summed E-state index contributed by atoms with van der Waals surface area (Å²) in [5.41, 5.74) is 0. The molecule has 0 bridgehead atoms. The van der Waals surface area contributed by atoms with E-state index in [0.717, 1.165) is 30.5 Å². The van der Waals surface area contributed by atoms with E-state index < -0.39 is 0 Å². The lowest BCUT2D eigenvalue weighted by Crippen LogP contribution is -2.18. The third kappa shape index (κ3) is 1.88. The molecular weight excluding hydrogens is 148 g/mol. The zero-order valence-corrected chi connectivity index (χ0v) is 8.58. The average molecular weight is 168 g/mol. The van der Waals surface area contributed by atoms with Crippen LogP contribution in [0.1, 0.15) is 34.1 Å². The molecule has 1 aliphatic carbocycles. The molecule has 0 aromatic rings. The van der Waals surface area contributed by atoms with Crippen molar-refractivity contribution in [2.75, 3.05) is 0 Å². The third-order valence-electron chi connectivity index (χ3n) is 3.10. The Balaban J connectivity index is 2.51. The summed E-state index contributed by atoms with van der Waals surface area (Å²) in [7, 11) is 0. The van der Waals surface area contributed by atoms with E-state index in [1.165, 1.54) is 0 Å². The van der Waals surface area contributed by atoms with E-state index in [9.17, 15) is 4.79 Å². The Morgan fingerprint density at radius 3 is 1.92 bits per heavy atom. The molecule has 0 amide bonds. The van der Waals surface area contributed by atoms with Crippen LogP contribution in [0.4, 0.5) is 0 Å². The molecule has 0 unspecified atom stereocenters. The Kier molecular flexibility index (Phi) is 2.92. The van der Waals surface area contributed by atoms with Crippen LogP contribution in [0.2, 0.25) is 0 Å². The van der Waals surface area contributed by atoms with Gasteiger partial charge in [0.1, 0.15) is 6.29 Å². The van der Waals surface area contributed by atoms with Gasteiger partial charge >= 0.3 is 0 Å². The number of rotatable bonds is 4. The second kappa shape index (κ2) is 3.59. The summed E-state index contributed by atoms with van der Waals surface area (Å²) in [6.45, 7) is 9.07. The van der Waals surface area contributed by atoms with Gasteiger partial charge in [0.2, 0.25) is 0 Å². The second-order valence-corrected chi connectivity index (χ2v) is 4.76. The number of carbonyl (C=O) groups is 1. The summed E-state index contributed by atoms with van der Waals surface area (Å²) in [5, 5.41) is 0. The molecule has 0 aromatic heterocycles. The summed E-state index contributed by atoms with van der Waals surface area (Å²) < 4.78 is 0. The van der Waals surface area contributed by atoms with Crippen molar-refractivity contribution < 1.29 is 4.79 Å². The van der Waals surface area contributed by atoms with E-state index in [2.05, 4.69) is 27.7 Å². The van der Waals surface area contributed by atoms with Gasteiger partial charge in [-0.3, -0.25) is 0 Å². The van der Waals surface area contributed by atoms with Gasteiger partial charge in [0, 0.05) is 5.92 Å². The number of hydrogen-bond donors (Lipinski definition) is 0. The molecule has 1 aliphatic rings. The van der Waals surface area contributed by atoms with Crippen LogP contribution in [0.25, 0.3) is 0 Å². The molecule has 0 aromatic carbocycles. The van der Waals surface area contributed by atoms with E-state index in [0.29, 0.717) is 11.8 Å². The van der Waals surface area contributed by atoms with Gasteiger partial charge in [-0.2, -0.15) is 0 Å². The zero-order chi connectivity index (χ0) is 9.30. The predicted octanol–water partition coefficient (Wildman–Crippen LogP) is 2.75. The highest BCUT2D eigenvalue weighted by molar-refractivity contribution is 5.58. The Morgan fingerprint density at radius 2 is 1.67 bits per heavy atom. The van der Waals surface area contributed by atoms with E-state index in [4.69, 9.17) is 0 Å². The lowest BCUT2D eigenvalue weighted by molar-refractivity contribution is -0.109. The Morgan fingerprint density at radius 1 is 1.17 bits per heavy atom. The fourth-order valence-corrected chi connectivity index (χ4v) is 2.59. The lowest BCUT2D eigenvalue weighted by atomic mass is 9.81. The molecule has 0 radical (unpaired) electrons. The molecule has 12 heavy (non-hydrogen) atoms. The maximum atomic E-state index is 10.5. The first kappa shape index (κ1) is 9.76. The standard InChI is InChI=1S/C11H20O/c1-7(2)11(8(3)4)10-5-9(10)6-12/h6-11H,5H2,1-4H3/t9-,10-/m0/s1. The van der Waals surface area contributed by atoms with Crippen molar-refractivity contribution in [3.63, 3.8) is 0 Å². The van der Waals surface area contributed by atoms with Gasteiger partial charge in [-0.25, -0.2) is 0 Å². The molecular formula is C11H20O. The topological polar surface area (TPSA) is 17.1 Å². The van der Waals surface area contributed by atoms with Crippen molar-refractivity contribution in [3.05, 3.63) is 0 Å². The molecule has 0 N–H and O–H groups in total. The summed E-state index contributed by atoms with van der Waals surface area (Å²) in [4.78, 5) is 10.5. The van der Waals surface area contributed by atoms with Crippen LogP contribution in [-0.2, 0) is 4.79 Å². The van der Waals surface area contributed by atoms with Crippen molar-refractivity contribution in [1.29, 1.82) is 0 Å². The molecule has 0 heterocycles. The number of aldehydes is 1. The average Bonchev–Trinajstić information content (AvgIpc) is 2.65. The first-order chi connectivity index (χ1) is 5.57. The third-order valence-corrected chi connectivity index (χ3v) is 3.10. The van der Waals surface area contributed by atoms with Crippen molar-refractivity contribution in [2.45, 2.75) is 34.1 Å². The van der Waals surface area contributed by atoms with Crippen molar-refractivity contribution in [2.24, 2.45) is 29.6 Å². The summed E-state index contributed by atoms with van der Waals surface area (Å²) >= 11 is 0. The summed E-state index contributed by atoms with van der Waals surface area (Å²) in [5.74, 6) is 3.28. The molecule has 0 spiro atoms. The van der Waals surface area contributed by atoms with Crippen molar-refractivity contribution in [3.8, 4) is 0 Å². The van der Waals surface area contributed by atoms with Gasteiger partial charge in [0.15, 0.2) is 0 Å². The molecule has 0 aliphatic heterocycles. The lowest BCUT2D eigenvalue weighted by Gasteiger charge is -2.24. The predicted molar refractivity (Wildman–Crippen MR) is 50.8 cm³/mol. The second-order valence-electron chi connectivity index (χ2n) is 4.76. The fraction of sp³-hybridized carbons (Fsp3) is 0.909. The monoisotopic (exact) mass is 168 g/mol. The van der Waals surface area contributed by atoms with E-state index in [-0.39, 0.29) is 0 Å². The van der Waals surface area contributed by atoms with E-state index in [1.54, 1.807) is 0 Å². The largest absolute Gasteiger partial charge is 0.303 e. The van der Waals surface area contributed by atoms with Crippen LogP contribution < -0.4 is 0 Å². The highest BCUT2D eigenvalue weighted by atomic mass is 16.1. The SMILES string of the molecule is CC(C)C(C(C)C)[C@H]1C[C@H]1C=O. The van der Waals surface area contributed by atoms with Gasteiger partial charge < -0.3 is 4.79 Å². The van der Waals surface area contributed by atoms with Gasteiger partial charge in [0.25, 0.3) is 0 Å². The Bertz CT molecular complexity index is 152. The van der Waals surface area contributed by atoms with Crippen LogP contribution in [0.15, 0.2) is 0 Å². The van der Waals surface area contributed by atoms with Crippen molar-refractivity contribution in [1.82, 2.24) is 0 Å². The smallest absolute Gasteiger partial charge is 0.123 e. The first-order valence-electron chi connectivity index (χ1n) is 5.03. The van der Waals surface area contributed by atoms with Crippen LogP contribution in [0.5, 0.6) is 0 Å². The zero-order valence-electron chi connectivity index (χ0n) is 8.58. The first-order valence-corrected chi connectivity index (χ1v) is 5.03. The molecule has 1 saturated carbocycles. The maximum absolute atomic E-state index is 10.5. The van der Waals surface area contributed by atoms with E-state index in [1.807, 2.05) is 0 Å². The molecule has 2 atom stereocenters. The van der Waals surface area contributed by atoms with Crippen LogP contribution in [0.3, 0.4) is 0 Å². The summed E-state index contributed by atoms with van der Waals surface area (Å²) in [6, 6.07) is 0. The maximum Gasteiger partial charge on any atom is 0.123 e. The molecule has 0 saturated heterocycles. The van der Waals surface area contributed by atoms with Gasteiger partial charge in [-0.15, -0.1) is 0 Å². The minimum atomic E-state index is 0.389. The van der Waals surface area contributed by atoms with Gasteiger partial charge in [0.05, 0.1) is 0 Å². The number of carbonyl (C=O) groups excluding carboxylic acids is 1. The minimum Gasteiger partial charge on any atom is -0.303 e.